The number of fused-ring (bicyclic) bond motifs is 1. The largest absolute Gasteiger partial charge is 0.497 e. The summed E-state index contributed by atoms with van der Waals surface area (Å²) < 4.78 is 7.12. The average molecular weight is 331 g/mol. The van der Waals surface area contributed by atoms with Crippen LogP contribution in [0, 0.1) is 0 Å². The van der Waals surface area contributed by atoms with Gasteiger partial charge in [0, 0.05) is 23.2 Å². The van der Waals surface area contributed by atoms with Crippen LogP contribution in [-0.4, -0.2) is 28.6 Å². The van der Waals surface area contributed by atoms with E-state index in [1.165, 1.54) is 23.0 Å². The molecule has 0 saturated heterocycles. The predicted molar refractivity (Wildman–Crippen MR) is 90.7 cm³/mol. The summed E-state index contributed by atoms with van der Waals surface area (Å²) in [5.74, 6) is 1.27. The molecule has 3 rings (SSSR count). The monoisotopic (exact) mass is 331 g/mol. The maximum atomic E-state index is 12.3. The molecule has 0 spiro atoms. The van der Waals surface area contributed by atoms with Crippen LogP contribution in [0.3, 0.4) is 0 Å². The number of hydrogen-bond donors (Lipinski definition) is 1. The Kier molecular flexibility index (Phi) is 4.91. The second kappa shape index (κ2) is 7.08. The Morgan fingerprint density at radius 3 is 3.22 bits per heavy atom. The number of carbonyl (C=O) groups is 1. The molecule has 23 heavy (non-hydrogen) atoms. The highest BCUT2D eigenvalue weighted by molar-refractivity contribution is 8.00. The van der Waals surface area contributed by atoms with Gasteiger partial charge in [-0.05, 0) is 37.5 Å². The van der Waals surface area contributed by atoms with Gasteiger partial charge in [-0.2, -0.15) is 5.10 Å². The number of ether oxygens (including phenoxy) is 1. The van der Waals surface area contributed by atoms with Crippen molar-refractivity contribution < 1.29 is 9.53 Å². The number of aryl methyl sites for hydroxylation is 1. The van der Waals surface area contributed by atoms with Gasteiger partial charge >= 0.3 is 0 Å². The standard InChI is InChI=1S/C17H21N3O2S/c1-20-16-8-4-7-15(14(16)10-18-20)19-17(21)11-23-13-6-3-5-12(9-13)22-2/h3,5-6,9-10,15H,4,7-8,11H2,1-2H3,(H,19,21)/t15-/m0/s1. The number of amides is 1. The van der Waals surface area contributed by atoms with E-state index in [4.69, 9.17) is 4.74 Å². The molecule has 0 saturated carbocycles. The highest BCUT2D eigenvalue weighted by Gasteiger charge is 2.24. The van der Waals surface area contributed by atoms with E-state index in [0.717, 1.165) is 29.9 Å². The lowest BCUT2D eigenvalue weighted by atomic mass is 9.93. The molecule has 0 aliphatic heterocycles. The van der Waals surface area contributed by atoms with E-state index in [1.807, 2.05) is 42.2 Å². The van der Waals surface area contributed by atoms with Gasteiger partial charge in [0.2, 0.25) is 5.91 Å². The third-order valence-corrected chi connectivity index (χ3v) is 5.12. The van der Waals surface area contributed by atoms with Gasteiger partial charge < -0.3 is 10.1 Å². The minimum atomic E-state index is 0.0551. The lowest BCUT2D eigenvalue weighted by molar-refractivity contribution is -0.119. The first kappa shape index (κ1) is 15.9. The fraction of sp³-hybridized carbons (Fsp3) is 0.412. The zero-order chi connectivity index (χ0) is 16.2. The summed E-state index contributed by atoms with van der Waals surface area (Å²) in [6.07, 6.45) is 4.99. The third-order valence-electron chi connectivity index (χ3n) is 4.12. The first-order valence-corrected chi connectivity index (χ1v) is 8.73. The minimum absolute atomic E-state index is 0.0551. The molecular formula is C17H21N3O2S. The number of benzene rings is 1. The molecule has 2 aromatic rings. The Morgan fingerprint density at radius 1 is 1.52 bits per heavy atom. The van der Waals surface area contributed by atoms with Crippen LogP contribution in [0.1, 0.15) is 30.1 Å². The molecule has 1 aromatic heterocycles. The number of nitrogens with zero attached hydrogens (tertiary/aromatic N) is 2. The van der Waals surface area contributed by atoms with Gasteiger partial charge in [0.25, 0.3) is 0 Å². The Balaban J connectivity index is 1.58. The Morgan fingerprint density at radius 2 is 2.39 bits per heavy atom. The summed E-state index contributed by atoms with van der Waals surface area (Å²) in [6.45, 7) is 0. The van der Waals surface area contributed by atoms with Crippen molar-refractivity contribution in [2.24, 2.45) is 7.05 Å². The van der Waals surface area contributed by atoms with Gasteiger partial charge in [0.1, 0.15) is 5.75 Å². The smallest absolute Gasteiger partial charge is 0.230 e. The molecule has 5 nitrogen and oxygen atoms in total. The van der Waals surface area contributed by atoms with Crippen LogP contribution >= 0.6 is 11.8 Å². The number of hydrogen-bond acceptors (Lipinski definition) is 4. The Hall–Kier alpha value is -1.95. The minimum Gasteiger partial charge on any atom is -0.497 e. The topological polar surface area (TPSA) is 56.1 Å². The second-order valence-electron chi connectivity index (χ2n) is 5.65. The van der Waals surface area contributed by atoms with E-state index >= 15 is 0 Å². The maximum Gasteiger partial charge on any atom is 0.230 e. The van der Waals surface area contributed by atoms with Crippen LogP contribution in [0.15, 0.2) is 35.4 Å². The third kappa shape index (κ3) is 3.69. The van der Waals surface area contributed by atoms with Crippen LogP contribution in [-0.2, 0) is 18.3 Å². The van der Waals surface area contributed by atoms with E-state index in [0.29, 0.717) is 5.75 Å². The summed E-state index contributed by atoms with van der Waals surface area (Å²) in [6, 6.07) is 7.85. The molecule has 1 aliphatic rings. The number of carbonyl (C=O) groups excluding carboxylic acids is 1. The number of aromatic nitrogens is 2. The molecular weight excluding hydrogens is 310 g/mol. The van der Waals surface area contributed by atoms with Gasteiger partial charge in [-0.3, -0.25) is 9.48 Å². The van der Waals surface area contributed by atoms with E-state index in [9.17, 15) is 4.79 Å². The van der Waals surface area contributed by atoms with E-state index in [2.05, 4.69) is 10.4 Å². The predicted octanol–water partition coefficient (Wildman–Crippen LogP) is 2.71. The number of nitrogens with one attached hydrogen (secondary N) is 1. The van der Waals surface area contributed by atoms with E-state index in [-0.39, 0.29) is 11.9 Å². The molecule has 0 fully saturated rings. The van der Waals surface area contributed by atoms with E-state index < -0.39 is 0 Å². The normalized spacial score (nSPS) is 16.7. The molecule has 1 N–H and O–H groups in total. The molecule has 1 atom stereocenters. The van der Waals surface area contributed by atoms with Crippen LogP contribution in [0.25, 0.3) is 0 Å². The quantitative estimate of drug-likeness (QED) is 0.856. The van der Waals surface area contributed by atoms with Crippen LogP contribution in [0.5, 0.6) is 5.75 Å². The highest BCUT2D eigenvalue weighted by atomic mass is 32.2. The lowest BCUT2D eigenvalue weighted by Gasteiger charge is -2.23. The molecule has 1 heterocycles. The number of rotatable bonds is 5. The molecule has 1 aromatic carbocycles. The van der Waals surface area contributed by atoms with Gasteiger partial charge in [0.15, 0.2) is 0 Å². The first-order valence-electron chi connectivity index (χ1n) is 7.74. The van der Waals surface area contributed by atoms with Crippen LogP contribution in [0.4, 0.5) is 0 Å². The summed E-state index contributed by atoms with van der Waals surface area (Å²) in [4.78, 5) is 13.3. The van der Waals surface area contributed by atoms with Gasteiger partial charge in [0.05, 0.1) is 25.1 Å². The van der Waals surface area contributed by atoms with Crippen molar-refractivity contribution in [3.8, 4) is 5.75 Å². The van der Waals surface area contributed by atoms with Crippen LogP contribution < -0.4 is 10.1 Å². The first-order chi connectivity index (χ1) is 11.2. The SMILES string of the molecule is COc1cccc(SCC(=O)N[C@H]2CCCc3c2cnn3C)c1. The fourth-order valence-corrected chi connectivity index (χ4v) is 3.69. The van der Waals surface area contributed by atoms with Gasteiger partial charge in [-0.1, -0.05) is 6.07 Å². The highest BCUT2D eigenvalue weighted by Crippen LogP contribution is 2.29. The van der Waals surface area contributed by atoms with Crippen molar-refractivity contribution in [1.82, 2.24) is 15.1 Å². The second-order valence-corrected chi connectivity index (χ2v) is 6.70. The van der Waals surface area contributed by atoms with Crippen molar-refractivity contribution in [1.29, 1.82) is 0 Å². The Bertz CT molecular complexity index is 699. The summed E-state index contributed by atoms with van der Waals surface area (Å²) in [5, 5.41) is 7.46. The summed E-state index contributed by atoms with van der Waals surface area (Å²) >= 11 is 1.52. The maximum absolute atomic E-state index is 12.3. The van der Waals surface area contributed by atoms with Crippen molar-refractivity contribution >= 4 is 17.7 Å². The van der Waals surface area contributed by atoms with Crippen LogP contribution in [0.2, 0.25) is 0 Å². The molecule has 122 valence electrons. The molecule has 0 bridgehead atoms. The number of methoxy groups -OCH3 is 1. The molecule has 6 heteroatoms. The summed E-state index contributed by atoms with van der Waals surface area (Å²) in [7, 11) is 3.60. The van der Waals surface area contributed by atoms with E-state index in [1.54, 1.807) is 7.11 Å². The molecule has 1 amide bonds. The molecule has 1 aliphatic carbocycles. The summed E-state index contributed by atoms with van der Waals surface area (Å²) in [5.41, 5.74) is 2.40. The zero-order valence-electron chi connectivity index (χ0n) is 13.4. The zero-order valence-corrected chi connectivity index (χ0v) is 14.2. The van der Waals surface area contributed by atoms with Crippen molar-refractivity contribution in [3.05, 3.63) is 41.7 Å². The average Bonchev–Trinajstić information content (AvgIpc) is 2.96. The van der Waals surface area contributed by atoms with Gasteiger partial charge in [-0.25, -0.2) is 0 Å². The molecule has 0 unspecified atom stereocenters. The van der Waals surface area contributed by atoms with Crippen molar-refractivity contribution in [3.63, 3.8) is 0 Å². The molecule has 0 radical (unpaired) electrons. The van der Waals surface area contributed by atoms with Gasteiger partial charge in [-0.15, -0.1) is 11.8 Å². The van der Waals surface area contributed by atoms with Crippen molar-refractivity contribution in [2.75, 3.05) is 12.9 Å². The Labute approximate surface area is 140 Å². The fourth-order valence-electron chi connectivity index (χ4n) is 2.93. The lowest BCUT2D eigenvalue weighted by Crippen LogP contribution is -2.32. The van der Waals surface area contributed by atoms with Crippen molar-refractivity contribution in [2.45, 2.75) is 30.2 Å². The number of thioether (sulfide) groups is 1.